The van der Waals surface area contributed by atoms with Crippen LogP contribution in [0.3, 0.4) is 0 Å². The molecule has 3 rings (SSSR count). The number of quaternary nitrogens is 1. The highest BCUT2D eigenvalue weighted by Gasteiger charge is 2.35. The van der Waals surface area contributed by atoms with E-state index in [9.17, 15) is 9.59 Å². The Bertz CT molecular complexity index is 722. The van der Waals surface area contributed by atoms with E-state index in [0.717, 1.165) is 24.4 Å². The highest BCUT2D eigenvalue weighted by atomic mass is 16.5. The normalized spacial score (nSPS) is 20.8. The van der Waals surface area contributed by atoms with E-state index in [-0.39, 0.29) is 18.6 Å². The van der Waals surface area contributed by atoms with E-state index in [1.54, 1.807) is 14.0 Å². The Morgan fingerprint density at radius 2 is 1.82 bits per heavy atom. The molecule has 2 aliphatic rings. The largest absolute Gasteiger partial charge is 0.497 e. The predicted molar refractivity (Wildman–Crippen MR) is 105 cm³/mol. The fraction of sp³-hybridized carbons (Fsp3) is 0.524. The van der Waals surface area contributed by atoms with Crippen LogP contribution in [0.5, 0.6) is 5.75 Å². The van der Waals surface area contributed by atoms with E-state index in [0.29, 0.717) is 17.8 Å². The third kappa shape index (κ3) is 4.84. The zero-order valence-electron chi connectivity index (χ0n) is 16.7. The SMILES string of the molecule is CCOC(=O)C1=C(C[NH+]2CCCCCC2)NC(=O)N[C@H]1c1ccc(OC)cc1. The minimum Gasteiger partial charge on any atom is -0.497 e. The van der Waals surface area contributed by atoms with Crippen molar-refractivity contribution in [2.24, 2.45) is 0 Å². The summed E-state index contributed by atoms with van der Waals surface area (Å²) < 4.78 is 10.6. The van der Waals surface area contributed by atoms with Crippen molar-refractivity contribution >= 4 is 12.0 Å². The lowest BCUT2D eigenvalue weighted by Crippen LogP contribution is -3.12. The van der Waals surface area contributed by atoms with Crippen molar-refractivity contribution in [2.75, 3.05) is 33.4 Å². The van der Waals surface area contributed by atoms with Gasteiger partial charge in [-0.2, -0.15) is 0 Å². The average Bonchev–Trinajstić information content (AvgIpc) is 2.96. The molecule has 28 heavy (non-hydrogen) atoms. The molecule has 2 heterocycles. The second kappa shape index (κ2) is 9.59. The number of ether oxygens (including phenoxy) is 2. The predicted octanol–water partition coefficient (Wildman–Crippen LogP) is 1.33. The van der Waals surface area contributed by atoms with Gasteiger partial charge in [-0.05, 0) is 50.3 Å². The van der Waals surface area contributed by atoms with Crippen LogP contribution in [-0.2, 0) is 9.53 Å². The van der Waals surface area contributed by atoms with Gasteiger partial charge >= 0.3 is 12.0 Å². The van der Waals surface area contributed by atoms with Crippen molar-refractivity contribution in [3.63, 3.8) is 0 Å². The molecule has 1 fully saturated rings. The maximum atomic E-state index is 12.8. The van der Waals surface area contributed by atoms with E-state index in [2.05, 4.69) is 10.6 Å². The highest BCUT2D eigenvalue weighted by Crippen LogP contribution is 2.28. The highest BCUT2D eigenvalue weighted by molar-refractivity contribution is 5.95. The lowest BCUT2D eigenvalue weighted by Gasteiger charge is -2.30. The van der Waals surface area contributed by atoms with Crippen molar-refractivity contribution in [1.29, 1.82) is 0 Å². The van der Waals surface area contributed by atoms with Gasteiger partial charge in [0.25, 0.3) is 0 Å². The number of amides is 2. The zero-order valence-corrected chi connectivity index (χ0v) is 16.7. The zero-order chi connectivity index (χ0) is 19.9. The van der Waals surface area contributed by atoms with Gasteiger partial charge in [0, 0.05) is 0 Å². The number of hydrogen-bond acceptors (Lipinski definition) is 4. The van der Waals surface area contributed by atoms with Crippen LogP contribution in [-0.4, -0.2) is 45.4 Å². The van der Waals surface area contributed by atoms with Gasteiger partial charge in [-0.15, -0.1) is 0 Å². The third-order valence-corrected chi connectivity index (χ3v) is 5.34. The Morgan fingerprint density at radius 1 is 1.14 bits per heavy atom. The molecule has 1 atom stereocenters. The number of methoxy groups -OCH3 is 1. The number of hydrogen-bond donors (Lipinski definition) is 3. The second-order valence-electron chi connectivity index (χ2n) is 7.26. The Hall–Kier alpha value is -2.54. The first-order valence-corrected chi connectivity index (χ1v) is 10.1. The summed E-state index contributed by atoms with van der Waals surface area (Å²) >= 11 is 0. The van der Waals surface area contributed by atoms with Gasteiger partial charge < -0.3 is 25.0 Å². The summed E-state index contributed by atoms with van der Waals surface area (Å²) in [4.78, 5) is 26.6. The van der Waals surface area contributed by atoms with Crippen molar-refractivity contribution in [3.05, 3.63) is 41.1 Å². The average molecular weight is 388 g/mol. The number of carbonyl (C=O) groups excluding carboxylic acids is 2. The van der Waals surface area contributed by atoms with Crippen molar-refractivity contribution < 1.29 is 24.0 Å². The number of urea groups is 1. The van der Waals surface area contributed by atoms with E-state index in [1.165, 1.54) is 30.6 Å². The van der Waals surface area contributed by atoms with Crippen LogP contribution in [0.4, 0.5) is 4.79 Å². The fourth-order valence-corrected chi connectivity index (χ4v) is 3.91. The number of nitrogens with one attached hydrogen (secondary N) is 3. The van der Waals surface area contributed by atoms with Crippen LogP contribution < -0.4 is 20.3 Å². The van der Waals surface area contributed by atoms with Crippen molar-refractivity contribution in [3.8, 4) is 5.75 Å². The van der Waals surface area contributed by atoms with E-state index in [1.807, 2.05) is 24.3 Å². The van der Waals surface area contributed by atoms with Crippen molar-refractivity contribution in [1.82, 2.24) is 10.6 Å². The van der Waals surface area contributed by atoms with E-state index >= 15 is 0 Å². The Kier molecular flexibility index (Phi) is 6.92. The second-order valence-corrected chi connectivity index (χ2v) is 7.26. The smallest absolute Gasteiger partial charge is 0.338 e. The lowest BCUT2D eigenvalue weighted by atomic mass is 9.95. The molecule has 1 aromatic carbocycles. The molecular formula is C21H30N3O4+. The summed E-state index contributed by atoms with van der Waals surface area (Å²) in [6.45, 7) is 4.80. The van der Waals surface area contributed by atoms with Crippen LogP contribution in [0, 0.1) is 0 Å². The molecule has 2 aliphatic heterocycles. The molecule has 2 amide bonds. The third-order valence-electron chi connectivity index (χ3n) is 5.34. The standard InChI is InChI=1S/C21H29N3O4/c1-3-28-20(25)18-17(14-24-12-6-4-5-7-13-24)22-21(26)23-19(18)15-8-10-16(27-2)11-9-15/h8-11,19H,3-7,12-14H2,1-2H3,(H2,22,23,26)/p+1/t19-/m0/s1. The van der Waals surface area contributed by atoms with Crippen LogP contribution in [0.2, 0.25) is 0 Å². The Labute approximate surface area is 166 Å². The van der Waals surface area contributed by atoms with Gasteiger partial charge in [0.15, 0.2) is 0 Å². The maximum Gasteiger partial charge on any atom is 0.338 e. The summed E-state index contributed by atoms with van der Waals surface area (Å²) in [5, 5.41) is 5.76. The van der Waals surface area contributed by atoms with Gasteiger partial charge in [-0.1, -0.05) is 12.1 Å². The molecular weight excluding hydrogens is 358 g/mol. The Morgan fingerprint density at radius 3 is 2.43 bits per heavy atom. The van der Waals surface area contributed by atoms with E-state index in [4.69, 9.17) is 9.47 Å². The van der Waals surface area contributed by atoms with E-state index < -0.39 is 6.04 Å². The van der Waals surface area contributed by atoms with Gasteiger partial charge in [0.1, 0.15) is 12.3 Å². The number of likely N-dealkylation sites (tertiary alicyclic amines) is 1. The molecule has 0 unspecified atom stereocenters. The van der Waals surface area contributed by atoms with Gasteiger partial charge in [0.05, 0.1) is 44.1 Å². The first-order valence-electron chi connectivity index (χ1n) is 10.1. The molecule has 1 aromatic rings. The fourth-order valence-electron chi connectivity index (χ4n) is 3.91. The van der Waals surface area contributed by atoms with Crippen LogP contribution in [0.1, 0.15) is 44.2 Å². The molecule has 0 radical (unpaired) electrons. The minimum atomic E-state index is -0.542. The first kappa shape index (κ1) is 20.2. The van der Waals surface area contributed by atoms with Gasteiger partial charge in [-0.25, -0.2) is 9.59 Å². The molecule has 3 N–H and O–H groups in total. The molecule has 7 nitrogen and oxygen atoms in total. The molecule has 0 saturated carbocycles. The van der Waals surface area contributed by atoms with Crippen molar-refractivity contribution in [2.45, 2.75) is 38.6 Å². The van der Waals surface area contributed by atoms with Crippen LogP contribution in [0.25, 0.3) is 0 Å². The molecule has 0 aliphatic carbocycles. The summed E-state index contributed by atoms with van der Waals surface area (Å²) in [5.41, 5.74) is 1.98. The summed E-state index contributed by atoms with van der Waals surface area (Å²) in [5.74, 6) is 0.333. The molecule has 1 saturated heterocycles. The monoisotopic (exact) mass is 388 g/mol. The summed E-state index contributed by atoms with van der Waals surface area (Å²) in [6, 6.07) is 6.55. The van der Waals surface area contributed by atoms with Crippen LogP contribution >= 0.6 is 0 Å². The van der Waals surface area contributed by atoms with Gasteiger partial charge in [-0.3, -0.25) is 0 Å². The quantitative estimate of drug-likeness (QED) is 0.642. The molecule has 7 heteroatoms. The molecule has 0 aromatic heterocycles. The summed E-state index contributed by atoms with van der Waals surface area (Å²) in [6.07, 6.45) is 4.84. The topological polar surface area (TPSA) is 81.1 Å². The first-order chi connectivity index (χ1) is 13.6. The number of benzene rings is 1. The molecule has 0 spiro atoms. The van der Waals surface area contributed by atoms with Gasteiger partial charge in [0.2, 0.25) is 0 Å². The summed E-state index contributed by atoms with van der Waals surface area (Å²) in [7, 11) is 1.60. The lowest BCUT2D eigenvalue weighted by molar-refractivity contribution is -0.894. The van der Waals surface area contributed by atoms with Crippen LogP contribution in [0.15, 0.2) is 35.5 Å². The Balaban J connectivity index is 1.95. The number of carbonyl (C=O) groups is 2. The maximum absolute atomic E-state index is 12.8. The molecule has 152 valence electrons. The molecule has 0 bridgehead atoms. The number of rotatable bonds is 6. The number of esters is 1. The minimum absolute atomic E-state index is 0.287.